The number of likely N-dealkylation sites (tertiary alicyclic amines) is 1. The molecule has 3 rings (SSSR count). The third-order valence-electron chi connectivity index (χ3n) is 5.26. The van der Waals surface area contributed by atoms with E-state index in [0.29, 0.717) is 18.4 Å². The molecule has 2 aromatic carbocycles. The molecule has 0 spiro atoms. The number of benzene rings is 2. The van der Waals surface area contributed by atoms with Gasteiger partial charge in [-0.15, -0.1) is 0 Å². The van der Waals surface area contributed by atoms with Gasteiger partial charge in [-0.05, 0) is 44.4 Å². The lowest BCUT2D eigenvalue weighted by Gasteiger charge is -2.32. The molecule has 1 amide bonds. The Morgan fingerprint density at radius 2 is 1.61 bits per heavy atom. The van der Waals surface area contributed by atoms with E-state index >= 15 is 0 Å². The van der Waals surface area contributed by atoms with Crippen LogP contribution in [0.1, 0.15) is 50.2 Å². The average molecular weight is 389 g/mol. The maximum atomic E-state index is 13.2. The zero-order valence-corrected chi connectivity index (χ0v) is 15.8. The number of alkyl halides is 3. The minimum atomic E-state index is -4.58. The number of Topliss-reactive ketones (excluding diaryl/α,β-unsaturated/α-hetero) is 1. The number of halogens is 3. The van der Waals surface area contributed by atoms with Gasteiger partial charge < -0.3 is 4.90 Å². The van der Waals surface area contributed by atoms with Crippen LogP contribution in [0.5, 0.6) is 0 Å². The maximum absolute atomic E-state index is 13.2. The third-order valence-corrected chi connectivity index (χ3v) is 5.26. The zero-order chi connectivity index (χ0) is 20.5. The summed E-state index contributed by atoms with van der Waals surface area (Å²) in [5, 5.41) is 0. The number of amides is 1. The topological polar surface area (TPSA) is 37.4 Å². The second-order valence-electron chi connectivity index (χ2n) is 7.29. The lowest BCUT2D eigenvalue weighted by atomic mass is 9.86. The summed E-state index contributed by atoms with van der Waals surface area (Å²) in [6, 6.07) is 10.5. The number of nitrogens with zero attached hydrogens (tertiary/aromatic N) is 1. The highest BCUT2D eigenvalue weighted by Crippen LogP contribution is 2.33. The molecular weight excluding hydrogens is 367 g/mol. The molecular formula is C22H22F3NO2. The number of hydrogen-bond donors (Lipinski definition) is 0. The van der Waals surface area contributed by atoms with E-state index in [-0.39, 0.29) is 30.4 Å². The average Bonchev–Trinajstić information content (AvgIpc) is 2.66. The molecule has 0 N–H and O–H groups in total. The summed E-state index contributed by atoms with van der Waals surface area (Å²) in [5.41, 5.74) is 1.42. The lowest BCUT2D eigenvalue weighted by Crippen LogP contribution is -2.41. The first-order chi connectivity index (χ1) is 13.2. The molecule has 28 heavy (non-hydrogen) atoms. The van der Waals surface area contributed by atoms with E-state index in [1.165, 1.54) is 23.1 Å². The van der Waals surface area contributed by atoms with Crippen LogP contribution < -0.4 is 0 Å². The Kier molecular flexibility index (Phi) is 5.59. The van der Waals surface area contributed by atoms with Crippen molar-refractivity contribution in [3.05, 3.63) is 70.3 Å². The van der Waals surface area contributed by atoms with Gasteiger partial charge in [0.1, 0.15) is 0 Å². The van der Waals surface area contributed by atoms with Gasteiger partial charge in [0.15, 0.2) is 5.78 Å². The van der Waals surface area contributed by atoms with Crippen LogP contribution in [0.2, 0.25) is 0 Å². The molecule has 1 fully saturated rings. The normalized spacial score (nSPS) is 15.5. The first-order valence-electron chi connectivity index (χ1n) is 9.25. The standard InChI is InChI=1S/C22H22F3NO2/c1-14-7-8-17(15(2)13-14)20(27)16-9-11-26(12-10-16)21(28)18-5-3-4-6-19(18)22(23,24)25/h3-8,13,16H,9-12H2,1-2H3. The minimum Gasteiger partial charge on any atom is -0.339 e. The van der Waals surface area contributed by atoms with Crippen LogP contribution in [0, 0.1) is 19.8 Å². The Bertz CT molecular complexity index is 897. The highest BCUT2D eigenvalue weighted by atomic mass is 19.4. The Morgan fingerprint density at radius 1 is 0.964 bits per heavy atom. The minimum absolute atomic E-state index is 0.0419. The van der Waals surface area contributed by atoms with Crippen LogP contribution in [0.4, 0.5) is 13.2 Å². The van der Waals surface area contributed by atoms with Gasteiger partial charge in [-0.3, -0.25) is 9.59 Å². The zero-order valence-electron chi connectivity index (χ0n) is 15.8. The number of piperidine rings is 1. The van der Waals surface area contributed by atoms with Crippen LogP contribution in [-0.2, 0) is 6.18 Å². The lowest BCUT2D eigenvalue weighted by molar-refractivity contribution is -0.138. The fourth-order valence-electron chi connectivity index (χ4n) is 3.74. The number of hydrogen-bond acceptors (Lipinski definition) is 2. The molecule has 1 heterocycles. The fraction of sp³-hybridized carbons (Fsp3) is 0.364. The molecule has 1 aliphatic heterocycles. The van der Waals surface area contributed by atoms with Gasteiger partial charge >= 0.3 is 6.18 Å². The summed E-state index contributed by atoms with van der Waals surface area (Å²) in [7, 11) is 0. The van der Waals surface area contributed by atoms with Gasteiger partial charge in [0, 0.05) is 24.6 Å². The largest absolute Gasteiger partial charge is 0.417 e. The Balaban J connectivity index is 1.71. The summed E-state index contributed by atoms with van der Waals surface area (Å²) >= 11 is 0. The molecule has 0 unspecified atom stereocenters. The molecule has 0 saturated carbocycles. The van der Waals surface area contributed by atoms with Crippen molar-refractivity contribution in [2.75, 3.05) is 13.1 Å². The van der Waals surface area contributed by atoms with E-state index in [2.05, 4.69) is 0 Å². The summed E-state index contributed by atoms with van der Waals surface area (Å²) in [6.45, 7) is 4.40. The van der Waals surface area contributed by atoms with Crippen LogP contribution >= 0.6 is 0 Å². The summed E-state index contributed by atoms with van der Waals surface area (Å²) in [6.07, 6.45) is -3.68. The van der Waals surface area contributed by atoms with E-state index in [1.807, 2.05) is 32.0 Å². The quantitative estimate of drug-likeness (QED) is 0.689. The molecule has 148 valence electrons. The van der Waals surface area contributed by atoms with Gasteiger partial charge in [0.2, 0.25) is 0 Å². The molecule has 0 radical (unpaired) electrons. The van der Waals surface area contributed by atoms with Crippen molar-refractivity contribution in [2.24, 2.45) is 5.92 Å². The number of aryl methyl sites for hydroxylation is 2. The third kappa shape index (κ3) is 4.11. The van der Waals surface area contributed by atoms with Crippen molar-refractivity contribution in [3.63, 3.8) is 0 Å². The molecule has 0 bridgehead atoms. The molecule has 0 atom stereocenters. The van der Waals surface area contributed by atoms with E-state index in [9.17, 15) is 22.8 Å². The monoisotopic (exact) mass is 389 g/mol. The number of rotatable bonds is 3. The highest BCUT2D eigenvalue weighted by molar-refractivity contribution is 6.00. The van der Waals surface area contributed by atoms with Crippen molar-refractivity contribution in [1.82, 2.24) is 4.90 Å². The molecule has 1 aliphatic rings. The van der Waals surface area contributed by atoms with Crippen molar-refractivity contribution < 1.29 is 22.8 Å². The van der Waals surface area contributed by atoms with Gasteiger partial charge in [-0.1, -0.05) is 35.9 Å². The highest BCUT2D eigenvalue weighted by Gasteiger charge is 2.37. The maximum Gasteiger partial charge on any atom is 0.417 e. The second-order valence-corrected chi connectivity index (χ2v) is 7.29. The van der Waals surface area contributed by atoms with Crippen LogP contribution in [0.3, 0.4) is 0 Å². The SMILES string of the molecule is Cc1ccc(C(=O)C2CCN(C(=O)c3ccccc3C(F)(F)F)CC2)c(C)c1. The molecule has 2 aromatic rings. The molecule has 6 heteroatoms. The Hall–Kier alpha value is -2.63. The first kappa shape index (κ1) is 20.1. The van der Waals surface area contributed by atoms with Gasteiger partial charge in [0.25, 0.3) is 5.91 Å². The number of carbonyl (C=O) groups excluding carboxylic acids is 2. The van der Waals surface area contributed by atoms with E-state index < -0.39 is 17.6 Å². The number of ketones is 1. The van der Waals surface area contributed by atoms with Crippen LogP contribution in [-0.4, -0.2) is 29.7 Å². The summed E-state index contributed by atoms with van der Waals surface area (Å²) in [5.74, 6) is -0.811. The van der Waals surface area contributed by atoms with E-state index in [0.717, 1.165) is 17.2 Å². The first-order valence-corrected chi connectivity index (χ1v) is 9.25. The van der Waals surface area contributed by atoms with Crippen molar-refractivity contribution >= 4 is 11.7 Å². The smallest absolute Gasteiger partial charge is 0.339 e. The predicted molar refractivity (Wildman–Crippen MR) is 100 cm³/mol. The van der Waals surface area contributed by atoms with Crippen LogP contribution in [0.25, 0.3) is 0 Å². The van der Waals surface area contributed by atoms with E-state index in [1.54, 1.807) is 0 Å². The Labute approximate surface area is 162 Å². The van der Waals surface area contributed by atoms with Gasteiger partial charge in [-0.25, -0.2) is 0 Å². The summed E-state index contributed by atoms with van der Waals surface area (Å²) < 4.78 is 39.5. The molecule has 0 aliphatic carbocycles. The van der Waals surface area contributed by atoms with Gasteiger partial charge in [-0.2, -0.15) is 13.2 Å². The predicted octanol–water partition coefficient (Wildman–Crippen LogP) is 5.06. The van der Waals surface area contributed by atoms with E-state index in [4.69, 9.17) is 0 Å². The van der Waals surface area contributed by atoms with Crippen molar-refractivity contribution in [3.8, 4) is 0 Å². The fourth-order valence-corrected chi connectivity index (χ4v) is 3.74. The van der Waals surface area contributed by atoms with Crippen molar-refractivity contribution in [2.45, 2.75) is 32.9 Å². The summed E-state index contributed by atoms with van der Waals surface area (Å²) in [4.78, 5) is 26.9. The molecule has 3 nitrogen and oxygen atoms in total. The number of carbonyl (C=O) groups is 2. The van der Waals surface area contributed by atoms with Crippen LogP contribution in [0.15, 0.2) is 42.5 Å². The Morgan fingerprint density at radius 3 is 2.21 bits per heavy atom. The van der Waals surface area contributed by atoms with Gasteiger partial charge in [0.05, 0.1) is 11.1 Å². The molecule has 1 saturated heterocycles. The second kappa shape index (κ2) is 7.78. The molecule has 0 aromatic heterocycles. The van der Waals surface area contributed by atoms with Crippen molar-refractivity contribution in [1.29, 1.82) is 0 Å².